The van der Waals surface area contributed by atoms with E-state index in [2.05, 4.69) is 69.7 Å². The Morgan fingerprint density at radius 3 is 2.41 bits per heavy atom. The van der Waals surface area contributed by atoms with Crippen molar-refractivity contribution >= 4 is 11.3 Å². The van der Waals surface area contributed by atoms with Crippen molar-refractivity contribution in [1.29, 1.82) is 0 Å². The highest BCUT2D eigenvalue weighted by Gasteiger charge is 2.41. The molecular weight excluding hydrogens is 500 g/mol. The third-order valence-corrected chi connectivity index (χ3v) is 10.7. The predicted octanol–water partition coefficient (Wildman–Crippen LogP) is 7.73. The second-order valence-electron chi connectivity index (χ2n) is 13.3. The topological polar surface area (TPSA) is 53.1 Å². The first-order valence-corrected chi connectivity index (χ1v) is 16.0. The van der Waals surface area contributed by atoms with Crippen LogP contribution in [0.4, 0.5) is 0 Å². The van der Waals surface area contributed by atoms with Gasteiger partial charge in [-0.2, -0.15) is 0 Å². The highest BCUT2D eigenvalue weighted by atomic mass is 15.0. The molecule has 0 radical (unpaired) electrons. The van der Waals surface area contributed by atoms with E-state index in [1.54, 1.807) is 5.56 Å². The number of aromatic amines is 1. The third-order valence-electron chi connectivity index (χ3n) is 10.7. The Bertz CT molecular complexity index is 1570. The molecule has 5 aliphatic rings. The van der Waals surface area contributed by atoms with Crippen molar-refractivity contribution in [3.8, 4) is 23.0 Å². The molecule has 2 saturated carbocycles. The van der Waals surface area contributed by atoms with Crippen LogP contribution in [0.25, 0.3) is 16.7 Å². The van der Waals surface area contributed by atoms with Crippen molar-refractivity contribution in [2.75, 3.05) is 6.54 Å². The number of rotatable bonds is 4. The zero-order chi connectivity index (χ0) is 27.2. The van der Waals surface area contributed by atoms with E-state index in [4.69, 9.17) is 4.99 Å². The smallest absolute Gasteiger partial charge is 0.110 e. The van der Waals surface area contributed by atoms with Crippen LogP contribution in [-0.2, 0) is 12.8 Å². The number of hydrogen-bond acceptors (Lipinski definition) is 3. The molecule has 3 aromatic rings. The maximum Gasteiger partial charge on any atom is 0.110 e. The monoisotopic (exact) mass is 540 g/mol. The Morgan fingerprint density at radius 2 is 1.61 bits per heavy atom. The molecule has 8 rings (SSSR count). The summed E-state index contributed by atoms with van der Waals surface area (Å²) in [6, 6.07) is 14.4. The highest BCUT2D eigenvalue weighted by molar-refractivity contribution is 6.01. The maximum atomic E-state index is 4.79. The minimum Gasteiger partial charge on any atom is -0.335 e. The van der Waals surface area contributed by atoms with Crippen LogP contribution in [0, 0.1) is 17.3 Å². The molecule has 1 atom stereocenters. The molecule has 2 aromatic carbocycles. The lowest BCUT2D eigenvalue weighted by atomic mass is 9.83. The van der Waals surface area contributed by atoms with Crippen LogP contribution in [0.3, 0.4) is 0 Å². The Balaban J connectivity index is 1.06. The van der Waals surface area contributed by atoms with Crippen molar-refractivity contribution in [1.82, 2.24) is 15.3 Å². The molecule has 3 aliphatic carbocycles. The van der Waals surface area contributed by atoms with Gasteiger partial charge < -0.3 is 10.3 Å². The molecule has 0 amide bonds. The van der Waals surface area contributed by atoms with Gasteiger partial charge in [-0.05, 0) is 109 Å². The van der Waals surface area contributed by atoms with Gasteiger partial charge in [-0.3, -0.25) is 4.99 Å². The molecule has 3 fully saturated rings. The van der Waals surface area contributed by atoms with Gasteiger partial charge >= 0.3 is 0 Å². The number of hydrogen-bond donors (Lipinski definition) is 2. The van der Waals surface area contributed by atoms with Crippen molar-refractivity contribution in [2.45, 2.75) is 95.4 Å². The molecule has 4 heteroatoms. The van der Waals surface area contributed by atoms with Gasteiger partial charge in [0.2, 0.25) is 0 Å². The number of H-pyrrole nitrogens is 1. The lowest BCUT2D eigenvalue weighted by Gasteiger charge is -2.21. The van der Waals surface area contributed by atoms with Crippen LogP contribution >= 0.6 is 0 Å². The maximum absolute atomic E-state index is 4.79. The van der Waals surface area contributed by atoms with Crippen LogP contribution in [0.2, 0.25) is 0 Å². The van der Waals surface area contributed by atoms with Gasteiger partial charge in [-0.15, -0.1) is 0 Å². The molecule has 1 spiro atoms. The van der Waals surface area contributed by atoms with E-state index >= 15 is 0 Å². The summed E-state index contributed by atoms with van der Waals surface area (Å²) >= 11 is 0. The summed E-state index contributed by atoms with van der Waals surface area (Å²) in [5, 5.41) is 3.60. The first kappa shape index (κ1) is 25.3. The van der Waals surface area contributed by atoms with Gasteiger partial charge in [0.15, 0.2) is 0 Å². The minimum atomic E-state index is 0.440. The Morgan fingerprint density at radius 1 is 0.805 bits per heavy atom. The van der Waals surface area contributed by atoms with E-state index in [9.17, 15) is 0 Å². The average Bonchev–Trinajstić information content (AvgIpc) is 3.83. The van der Waals surface area contributed by atoms with Crippen molar-refractivity contribution in [2.24, 2.45) is 10.4 Å². The van der Waals surface area contributed by atoms with E-state index in [0.717, 1.165) is 24.5 Å². The molecule has 0 bridgehead atoms. The van der Waals surface area contributed by atoms with Crippen LogP contribution in [0.5, 0.6) is 0 Å². The summed E-state index contributed by atoms with van der Waals surface area (Å²) in [6.45, 7) is 1.12. The van der Waals surface area contributed by atoms with Crippen LogP contribution in [-0.4, -0.2) is 28.3 Å². The van der Waals surface area contributed by atoms with E-state index in [0.29, 0.717) is 17.4 Å². The molecule has 208 valence electrons. The zero-order valence-electron chi connectivity index (χ0n) is 24.1. The number of allylic oxidation sites excluding steroid dienone is 1. The number of aromatic nitrogens is 2. The predicted molar refractivity (Wildman–Crippen MR) is 167 cm³/mol. The normalized spacial score (nSPS) is 23.1. The van der Waals surface area contributed by atoms with Gasteiger partial charge in [-0.1, -0.05) is 61.9 Å². The van der Waals surface area contributed by atoms with Gasteiger partial charge in [0.1, 0.15) is 11.5 Å². The molecule has 41 heavy (non-hydrogen) atoms. The number of nitrogens with zero attached hydrogens (tertiary/aromatic N) is 2. The van der Waals surface area contributed by atoms with Gasteiger partial charge in [0, 0.05) is 35.9 Å². The SMILES string of the molecule is C(#Cc1ccc(-c2ccc(C3=CN=C(C4CCCN4)C3)cc2)c2c1CC1(CCCC1)C2)c1cnc(C2CCCC2)[nH]1. The third kappa shape index (κ3) is 4.79. The van der Waals surface area contributed by atoms with Gasteiger partial charge in [0.25, 0.3) is 0 Å². The number of imidazole rings is 1. The van der Waals surface area contributed by atoms with Crippen LogP contribution < -0.4 is 5.32 Å². The standard InChI is InChI=1S/C37H40N4/c1-2-7-28(6-1)36-40-24-30(41-36)15-13-27-14-16-31(33-22-37(21-32(27)33)17-3-4-18-37)26-11-9-25(10-12-26)29-20-35(39-23-29)34-8-5-19-38-34/h9-12,14,16,23-24,28,34,38H,1-8,17-22H2,(H,40,41). The fourth-order valence-corrected chi connectivity index (χ4v) is 8.39. The first-order valence-electron chi connectivity index (χ1n) is 16.0. The Labute approximate surface area is 244 Å². The van der Waals surface area contributed by atoms with E-state index < -0.39 is 0 Å². The quantitative estimate of drug-likeness (QED) is 0.333. The number of nitrogens with one attached hydrogen (secondary N) is 2. The summed E-state index contributed by atoms with van der Waals surface area (Å²) in [5.41, 5.74) is 12.3. The summed E-state index contributed by atoms with van der Waals surface area (Å²) in [6.07, 6.45) is 20.4. The average molecular weight is 541 g/mol. The summed E-state index contributed by atoms with van der Waals surface area (Å²) in [4.78, 5) is 13.0. The van der Waals surface area contributed by atoms with Gasteiger partial charge in [-0.25, -0.2) is 4.98 Å². The van der Waals surface area contributed by atoms with Crippen molar-refractivity contribution < 1.29 is 0 Å². The van der Waals surface area contributed by atoms with Crippen molar-refractivity contribution in [3.63, 3.8) is 0 Å². The minimum absolute atomic E-state index is 0.440. The summed E-state index contributed by atoms with van der Waals surface area (Å²) in [5.74, 6) is 8.74. The fourth-order valence-electron chi connectivity index (χ4n) is 8.39. The molecule has 4 nitrogen and oxygen atoms in total. The van der Waals surface area contributed by atoms with Crippen molar-refractivity contribution in [3.05, 3.63) is 82.6 Å². The lowest BCUT2D eigenvalue weighted by Crippen LogP contribution is -2.29. The lowest BCUT2D eigenvalue weighted by molar-refractivity contribution is 0.318. The second kappa shape index (κ2) is 10.4. The van der Waals surface area contributed by atoms with Gasteiger partial charge in [0.05, 0.1) is 6.20 Å². The number of benzene rings is 2. The van der Waals surface area contributed by atoms with E-state index in [-0.39, 0.29) is 0 Å². The first-order chi connectivity index (χ1) is 20.2. The molecule has 1 saturated heterocycles. The largest absolute Gasteiger partial charge is 0.335 e. The number of aliphatic imine (C=N–C) groups is 1. The second-order valence-corrected chi connectivity index (χ2v) is 13.3. The molecule has 3 heterocycles. The fraction of sp³-hybridized carbons (Fsp3) is 0.459. The number of fused-ring (bicyclic) bond motifs is 1. The highest BCUT2D eigenvalue weighted by Crippen LogP contribution is 2.51. The molecular formula is C37H40N4. The summed E-state index contributed by atoms with van der Waals surface area (Å²) < 4.78 is 0. The molecule has 1 unspecified atom stereocenters. The molecule has 1 aromatic heterocycles. The summed E-state index contributed by atoms with van der Waals surface area (Å²) in [7, 11) is 0. The van der Waals surface area contributed by atoms with Crippen LogP contribution in [0.1, 0.15) is 110 Å². The van der Waals surface area contributed by atoms with E-state index in [1.807, 2.05) is 6.20 Å². The zero-order valence-corrected chi connectivity index (χ0v) is 24.1. The van der Waals surface area contributed by atoms with E-state index in [1.165, 1.54) is 116 Å². The Hall–Kier alpha value is -3.42. The molecule has 2 N–H and O–H groups in total. The Kier molecular flexibility index (Phi) is 6.45. The molecule has 2 aliphatic heterocycles. The van der Waals surface area contributed by atoms with Crippen LogP contribution in [0.15, 0.2) is 53.8 Å².